The number of benzene rings is 2. The van der Waals surface area contributed by atoms with Gasteiger partial charge in [0.1, 0.15) is 5.82 Å². The van der Waals surface area contributed by atoms with Crippen molar-refractivity contribution in [1.29, 1.82) is 0 Å². The Morgan fingerprint density at radius 1 is 1.16 bits per heavy atom. The fourth-order valence-electron chi connectivity index (χ4n) is 1.62. The highest BCUT2D eigenvalue weighted by atomic mass is 35.5. The minimum absolute atomic E-state index is 0.267. The predicted octanol–water partition coefficient (Wildman–Crippen LogP) is 4.60. The van der Waals surface area contributed by atoms with Gasteiger partial charge in [0, 0.05) is 16.4 Å². The number of anilines is 2. The van der Waals surface area contributed by atoms with Crippen LogP contribution >= 0.6 is 23.8 Å². The molecule has 0 radical (unpaired) electrons. The molecule has 19 heavy (non-hydrogen) atoms. The van der Waals surface area contributed by atoms with Crippen LogP contribution in [-0.4, -0.2) is 5.11 Å². The Morgan fingerprint density at radius 2 is 1.95 bits per heavy atom. The van der Waals surface area contributed by atoms with Gasteiger partial charge in [-0.15, -0.1) is 0 Å². The zero-order chi connectivity index (χ0) is 13.8. The van der Waals surface area contributed by atoms with Gasteiger partial charge in [0.2, 0.25) is 0 Å². The van der Waals surface area contributed by atoms with Crippen molar-refractivity contribution < 1.29 is 4.39 Å². The molecule has 0 aliphatic carbocycles. The highest BCUT2D eigenvalue weighted by Crippen LogP contribution is 2.18. The summed E-state index contributed by atoms with van der Waals surface area (Å²) in [5, 5.41) is 7.09. The monoisotopic (exact) mass is 294 g/mol. The molecule has 0 amide bonds. The van der Waals surface area contributed by atoms with Crippen molar-refractivity contribution >= 4 is 40.3 Å². The fourth-order valence-corrected chi connectivity index (χ4v) is 2.04. The van der Waals surface area contributed by atoms with Crippen LogP contribution in [0.15, 0.2) is 42.5 Å². The van der Waals surface area contributed by atoms with E-state index < -0.39 is 0 Å². The quantitative estimate of drug-likeness (QED) is 0.792. The molecule has 0 saturated heterocycles. The van der Waals surface area contributed by atoms with Crippen LogP contribution in [0, 0.1) is 12.7 Å². The first-order valence-corrected chi connectivity index (χ1v) is 6.43. The van der Waals surface area contributed by atoms with Crippen LogP contribution in [0.1, 0.15) is 5.56 Å². The average molecular weight is 295 g/mol. The zero-order valence-corrected chi connectivity index (χ0v) is 11.8. The molecule has 0 aliphatic rings. The predicted molar refractivity (Wildman–Crippen MR) is 82.4 cm³/mol. The number of halogens is 2. The van der Waals surface area contributed by atoms with E-state index in [1.165, 1.54) is 12.1 Å². The molecule has 0 unspecified atom stereocenters. The van der Waals surface area contributed by atoms with Crippen molar-refractivity contribution in [3.05, 3.63) is 58.9 Å². The molecule has 0 atom stereocenters. The summed E-state index contributed by atoms with van der Waals surface area (Å²) in [6.45, 7) is 1.81. The molecule has 2 aromatic carbocycles. The van der Waals surface area contributed by atoms with Crippen molar-refractivity contribution in [1.82, 2.24) is 0 Å². The lowest BCUT2D eigenvalue weighted by Crippen LogP contribution is -2.19. The molecule has 0 spiro atoms. The molecule has 0 aliphatic heterocycles. The summed E-state index contributed by atoms with van der Waals surface area (Å²) in [7, 11) is 0. The van der Waals surface area contributed by atoms with Crippen molar-refractivity contribution in [2.24, 2.45) is 0 Å². The largest absolute Gasteiger partial charge is 0.332 e. The average Bonchev–Trinajstić information content (AvgIpc) is 2.33. The van der Waals surface area contributed by atoms with Gasteiger partial charge in [-0.25, -0.2) is 4.39 Å². The van der Waals surface area contributed by atoms with E-state index in [9.17, 15) is 4.39 Å². The van der Waals surface area contributed by atoms with Gasteiger partial charge in [-0.1, -0.05) is 17.7 Å². The molecule has 0 saturated carbocycles. The van der Waals surface area contributed by atoms with E-state index in [1.54, 1.807) is 18.2 Å². The van der Waals surface area contributed by atoms with Crippen LogP contribution in [0.2, 0.25) is 5.02 Å². The molecule has 98 valence electrons. The lowest BCUT2D eigenvalue weighted by molar-refractivity contribution is 0.627. The van der Waals surface area contributed by atoms with Gasteiger partial charge in [-0.2, -0.15) is 0 Å². The summed E-state index contributed by atoms with van der Waals surface area (Å²) >= 11 is 11.1. The Labute approximate surface area is 121 Å². The van der Waals surface area contributed by atoms with Gasteiger partial charge in [-0.3, -0.25) is 0 Å². The van der Waals surface area contributed by atoms with E-state index in [1.807, 2.05) is 19.1 Å². The first-order valence-electron chi connectivity index (χ1n) is 5.64. The van der Waals surface area contributed by atoms with E-state index in [2.05, 4.69) is 10.6 Å². The summed E-state index contributed by atoms with van der Waals surface area (Å²) < 4.78 is 13.0. The number of rotatable bonds is 2. The fraction of sp³-hybridized carbons (Fsp3) is 0.0714. The maximum Gasteiger partial charge on any atom is 0.175 e. The second-order valence-electron chi connectivity index (χ2n) is 4.05. The normalized spacial score (nSPS) is 10.1. The number of nitrogens with one attached hydrogen (secondary N) is 2. The highest BCUT2D eigenvalue weighted by Gasteiger charge is 2.03. The second-order valence-corrected chi connectivity index (χ2v) is 4.89. The van der Waals surface area contributed by atoms with E-state index in [4.69, 9.17) is 23.8 Å². The molecule has 0 aromatic heterocycles. The van der Waals surface area contributed by atoms with Gasteiger partial charge in [0.05, 0.1) is 0 Å². The van der Waals surface area contributed by atoms with Crippen LogP contribution in [-0.2, 0) is 0 Å². The maximum absolute atomic E-state index is 13.0. The van der Waals surface area contributed by atoms with Crippen molar-refractivity contribution in [3.63, 3.8) is 0 Å². The lowest BCUT2D eigenvalue weighted by Gasteiger charge is -2.12. The molecule has 0 bridgehead atoms. The Hall–Kier alpha value is -1.65. The zero-order valence-electron chi connectivity index (χ0n) is 10.2. The smallest absolute Gasteiger partial charge is 0.175 e. The van der Waals surface area contributed by atoms with Crippen LogP contribution in [0.25, 0.3) is 0 Å². The first-order chi connectivity index (χ1) is 9.04. The summed E-state index contributed by atoms with van der Waals surface area (Å²) in [4.78, 5) is 0. The Bertz CT molecular complexity index is 616. The third-order valence-corrected chi connectivity index (χ3v) is 2.96. The van der Waals surface area contributed by atoms with Gasteiger partial charge in [0.25, 0.3) is 0 Å². The molecule has 2 aromatic rings. The summed E-state index contributed by atoms with van der Waals surface area (Å²) in [5.74, 6) is -0.267. The maximum atomic E-state index is 13.0. The molecule has 5 heteroatoms. The molecule has 2 rings (SSSR count). The Morgan fingerprint density at radius 3 is 2.63 bits per heavy atom. The third-order valence-electron chi connectivity index (χ3n) is 2.52. The Balaban J connectivity index is 2.05. The molecule has 0 heterocycles. The molecule has 2 nitrogen and oxygen atoms in total. The summed E-state index contributed by atoms with van der Waals surface area (Å²) in [6.07, 6.45) is 0. The topological polar surface area (TPSA) is 24.1 Å². The highest BCUT2D eigenvalue weighted by molar-refractivity contribution is 7.80. The first kappa shape index (κ1) is 13.8. The third kappa shape index (κ3) is 3.91. The minimum Gasteiger partial charge on any atom is -0.332 e. The van der Waals surface area contributed by atoms with Gasteiger partial charge < -0.3 is 10.6 Å². The standard InChI is InChI=1S/C14H12ClFN2S/c1-9-7-11(16)5-6-13(9)18-14(19)17-12-4-2-3-10(15)8-12/h2-8H,1H3,(H2,17,18,19). The van der Waals surface area contributed by atoms with Gasteiger partial charge in [-0.05, 0) is 61.1 Å². The lowest BCUT2D eigenvalue weighted by atomic mass is 10.2. The number of hydrogen-bond acceptors (Lipinski definition) is 1. The molecule has 0 fully saturated rings. The van der Waals surface area contributed by atoms with Crippen molar-refractivity contribution in [2.75, 3.05) is 10.6 Å². The molecular weight excluding hydrogens is 283 g/mol. The Kier molecular flexibility index (Phi) is 4.35. The van der Waals surface area contributed by atoms with Gasteiger partial charge in [0.15, 0.2) is 5.11 Å². The van der Waals surface area contributed by atoms with Crippen molar-refractivity contribution in [2.45, 2.75) is 6.92 Å². The van der Waals surface area contributed by atoms with Crippen LogP contribution in [0.3, 0.4) is 0 Å². The SMILES string of the molecule is Cc1cc(F)ccc1NC(=S)Nc1cccc(Cl)c1. The van der Waals surface area contributed by atoms with Crippen LogP contribution in [0.5, 0.6) is 0 Å². The van der Waals surface area contributed by atoms with Crippen LogP contribution < -0.4 is 10.6 Å². The number of aryl methyl sites for hydroxylation is 1. The van der Waals surface area contributed by atoms with E-state index in [-0.39, 0.29) is 5.82 Å². The summed E-state index contributed by atoms with van der Waals surface area (Å²) in [5.41, 5.74) is 2.35. The summed E-state index contributed by atoms with van der Waals surface area (Å²) in [6, 6.07) is 11.7. The van der Waals surface area contributed by atoms with Gasteiger partial charge >= 0.3 is 0 Å². The minimum atomic E-state index is -0.267. The van der Waals surface area contributed by atoms with Crippen molar-refractivity contribution in [3.8, 4) is 0 Å². The van der Waals surface area contributed by atoms with E-state index in [0.29, 0.717) is 10.1 Å². The van der Waals surface area contributed by atoms with E-state index in [0.717, 1.165) is 16.9 Å². The number of thiocarbonyl (C=S) groups is 1. The second kappa shape index (κ2) is 5.99. The molecule has 2 N–H and O–H groups in total. The van der Waals surface area contributed by atoms with E-state index >= 15 is 0 Å². The van der Waals surface area contributed by atoms with Crippen LogP contribution in [0.4, 0.5) is 15.8 Å². The number of hydrogen-bond donors (Lipinski definition) is 2. The molecular formula is C14H12ClFN2S.